The van der Waals surface area contributed by atoms with Crippen LogP contribution in [0.2, 0.25) is 0 Å². The Bertz CT molecular complexity index is 605. The van der Waals surface area contributed by atoms with E-state index in [1.165, 1.54) is 165 Å². The lowest BCUT2D eigenvalue weighted by Crippen LogP contribution is -2.55. The van der Waals surface area contributed by atoms with Crippen molar-refractivity contribution < 1.29 is 22.2 Å². The van der Waals surface area contributed by atoms with Crippen LogP contribution in [-0.2, 0) is 14.9 Å². The van der Waals surface area contributed by atoms with Crippen molar-refractivity contribution in [3.63, 3.8) is 0 Å². The Balaban J connectivity index is 0.000000829. The highest BCUT2D eigenvalue weighted by Crippen LogP contribution is 2.16. The van der Waals surface area contributed by atoms with Crippen LogP contribution in [0, 0.1) is 0 Å². The van der Waals surface area contributed by atoms with Gasteiger partial charge < -0.3 is 13.8 Å². The van der Waals surface area contributed by atoms with Crippen molar-refractivity contribution in [2.45, 2.75) is 175 Å². The maximum atomic E-state index is 10.3. The zero-order valence-electron chi connectivity index (χ0n) is 27.4. The van der Waals surface area contributed by atoms with Crippen molar-refractivity contribution in [2.24, 2.45) is 0 Å². The van der Waals surface area contributed by atoms with Crippen molar-refractivity contribution in [3.05, 3.63) is 0 Å². The monoisotopic (exact) mass is 590 g/mol. The summed E-state index contributed by atoms with van der Waals surface area (Å²) < 4.78 is 37.8. The number of nitrogens with zero attached hydrogens (tertiary/aromatic N) is 1. The summed E-state index contributed by atoms with van der Waals surface area (Å²) in [7, 11) is -3.98. The van der Waals surface area contributed by atoms with E-state index in [4.69, 9.17) is 4.74 Å². The predicted molar refractivity (Wildman–Crippen MR) is 173 cm³/mol. The van der Waals surface area contributed by atoms with Gasteiger partial charge in [0.05, 0.1) is 36.4 Å². The summed E-state index contributed by atoms with van der Waals surface area (Å²) in [5.41, 5.74) is 0. The van der Waals surface area contributed by atoms with Gasteiger partial charge >= 0.3 is 0 Å². The number of morpholine rings is 1. The molecule has 1 heterocycles. The zero-order chi connectivity index (χ0) is 29.6. The van der Waals surface area contributed by atoms with Crippen LogP contribution in [0.5, 0.6) is 0 Å². The van der Waals surface area contributed by atoms with Crippen LogP contribution >= 0.6 is 0 Å². The first-order chi connectivity index (χ1) is 19.4. The summed E-state index contributed by atoms with van der Waals surface area (Å²) >= 11 is 0. The van der Waals surface area contributed by atoms with E-state index >= 15 is 0 Å². The smallest absolute Gasteiger partial charge is 0.102 e. The Hall–Kier alpha value is -0.170. The second-order valence-electron chi connectivity index (χ2n) is 12.5. The van der Waals surface area contributed by atoms with E-state index in [2.05, 4.69) is 20.8 Å². The Morgan fingerprint density at radius 2 is 0.850 bits per heavy atom. The van der Waals surface area contributed by atoms with E-state index in [1.54, 1.807) is 0 Å². The molecule has 40 heavy (non-hydrogen) atoms. The summed E-state index contributed by atoms with van der Waals surface area (Å²) in [6, 6.07) is 0. The van der Waals surface area contributed by atoms with Crippen LogP contribution in [0.1, 0.15) is 175 Å². The number of likely N-dealkylation sites (N-methyl/N-ethyl adjacent to an activating group) is 1. The van der Waals surface area contributed by atoms with Gasteiger partial charge in [-0.25, -0.2) is 8.42 Å². The average molecular weight is 590 g/mol. The van der Waals surface area contributed by atoms with Crippen molar-refractivity contribution >= 4 is 10.1 Å². The second kappa shape index (κ2) is 28.9. The number of unbranched alkanes of at least 4 members (excludes halogenated alkanes) is 22. The van der Waals surface area contributed by atoms with Crippen molar-refractivity contribution in [3.8, 4) is 0 Å². The van der Waals surface area contributed by atoms with Crippen molar-refractivity contribution in [2.75, 3.05) is 45.1 Å². The average Bonchev–Trinajstić information content (AvgIpc) is 2.94. The lowest BCUT2D eigenvalue weighted by molar-refractivity contribution is -0.933. The SMILES string of the molecule is CCCCCCCCCCCCCCCC[N+]1(CC)CCOCC1.CCCCCCCCCCCCS(=O)(=O)[O-]. The lowest BCUT2D eigenvalue weighted by atomic mass is 10.0. The molecule has 1 saturated heterocycles. The molecule has 0 radical (unpaired) electrons. The van der Waals surface area contributed by atoms with Crippen LogP contribution in [0.25, 0.3) is 0 Å². The standard InChI is InChI=1S/C22H46NO.C12H26O3S/c1-3-5-6-7-8-9-10-11-12-13-14-15-16-17-18-23(4-2)19-21-24-22-20-23;1-2-3-4-5-6-7-8-9-10-11-12-16(13,14)15/h3-22H2,1-2H3;2-12H2,1H3,(H,13,14,15)/q+1;/p-1. The highest BCUT2D eigenvalue weighted by Gasteiger charge is 2.27. The van der Waals surface area contributed by atoms with E-state index in [0.717, 1.165) is 26.1 Å². The molecule has 242 valence electrons. The third-order valence-corrected chi connectivity index (χ3v) is 9.61. The summed E-state index contributed by atoms with van der Waals surface area (Å²) in [5, 5.41) is 0. The fourth-order valence-electron chi connectivity index (χ4n) is 5.84. The Kier molecular flexibility index (Phi) is 28.8. The maximum Gasteiger partial charge on any atom is 0.102 e. The molecule has 0 aromatic carbocycles. The number of hydrogen-bond acceptors (Lipinski definition) is 4. The van der Waals surface area contributed by atoms with E-state index in [1.807, 2.05) is 0 Å². The van der Waals surface area contributed by atoms with Gasteiger partial charge in [-0.1, -0.05) is 149 Å². The van der Waals surface area contributed by atoms with Gasteiger partial charge in [-0.2, -0.15) is 0 Å². The van der Waals surface area contributed by atoms with E-state index in [9.17, 15) is 13.0 Å². The topological polar surface area (TPSA) is 66.4 Å². The minimum atomic E-state index is -3.98. The molecule has 6 heteroatoms. The Labute approximate surface area is 251 Å². The molecular weight excluding hydrogens is 518 g/mol. The highest BCUT2D eigenvalue weighted by atomic mass is 32.2. The molecule has 1 rings (SSSR count). The predicted octanol–water partition coefficient (Wildman–Crippen LogP) is 9.79. The molecule has 0 aliphatic carbocycles. The van der Waals surface area contributed by atoms with Gasteiger partial charge in [0, 0.05) is 5.75 Å². The number of ether oxygens (including phenoxy) is 1. The molecule has 0 atom stereocenters. The van der Waals surface area contributed by atoms with E-state index in [-0.39, 0.29) is 5.75 Å². The van der Waals surface area contributed by atoms with Gasteiger partial charge in [0.25, 0.3) is 0 Å². The molecule has 1 aliphatic rings. The van der Waals surface area contributed by atoms with E-state index in [0.29, 0.717) is 6.42 Å². The molecule has 0 aromatic heterocycles. The van der Waals surface area contributed by atoms with Crippen LogP contribution in [0.3, 0.4) is 0 Å². The zero-order valence-corrected chi connectivity index (χ0v) is 28.2. The Morgan fingerprint density at radius 1 is 0.525 bits per heavy atom. The van der Waals surface area contributed by atoms with Gasteiger partial charge in [-0.05, 0) is 26.2 Å². The molecule has 0 aromatic rings. The number of rotatable bonds is 27. The summed E-state index contributed by atoms with van der Waals surface area (Å²) in [4.78, 5) is 0. The van der Waals surface area contributed by atoms with Crippen LogP contribution in [0.4, 0.5) is 0 Å². The molecule has 1 aliphatic heterocycles. The molecule has 5 nitrogen and oxygen atoms in total. The quantitative estimate of drug-likeness (QED) is 0.0543. The van der Waals surface area contributed by atoms with Crippen LogP contribution < -0.4 is 0 Å². The highest BCUT2D eigenvalue weighted by molar-refractivity contribution is 7.85. The fraction of sp³-hybridized carbons (Fsp3) is 1.00. The first-order valence-corrected chi connectivity index (χ1v) is 19.3. The van der Waals surface area contributed by atoms with Gasteiger partial charge in [-0.3, -0.25) is 0 Å². The third kappa shape index (κ3) is 28.0. The summed E-state index contributed by atoms with van der Waals surface area (Å²) in [6.07, 6.45) is 31.8. The number of hydrogen-bond donors (Lipinski definition) is 0. The number of quaternary nitrogens is 1. The normalized spacial score (nSPS) is 15.1. The van der Waals surface area contributed by atoms with Gasteiger partial charge in [0.15, 0.2) is 0 Å². The second-order valence-corrected chi connectivity index (χ2v) is 14.0. The minimum Gasteiger partial charge on any atom is -0.748 e. The molecule has 1 fully saturated rings. The van der Waals surface area contributed by atoms with E-state index < -0.39 is 10.1 Å². The van der Waals surface area contributed by atoms with Crippen molar-refractivity contribution in [1.29, 1.82) is 0 Å². The summed E-state index contributed by atoms with van der Waals surface area (Å²) in [6.45, 7) is 14.0. The van der Waals surface area contributed by atoms with Gasteiger partial charge in [0.1, 0.15) is 13.1 Å². The largest absolute Gasteiger partial charge is 0.748 e. The van der Waals surface area contributed by atoms with Gasteiger partial charge in [-0.15, -0.1) is 0 Å². The van der Waals surface area contributed by atoms with Crippen LogP contribution in [0.15, 0.2) is 0 Å². The molecule has 0 bridgehead atoms. The lowest BCUT2D eigenvalue weighted by Gasteiger charge is -2.40. The molecule has 0 spiro atoms. The molecule has 0 amide bonds. The first kappa shape index (κ1) is 39.8. The summed E-state index contributed by atoms with van der Waals surface area (Å²) in [5.74, 6) is -0.191. The fourth-order valence-corrected chi connectivity index (χ4v) is 6.39. The minimum absolute atomic E-state index is 0.191. The van der Waals surface area contributed by atoms with Crippen LogP contribution in [-0.4, -0.2) is 62.6 Å². The molecule has 0 N–H and O–H groups in total. The first-order valence-electron chi connectivity index (χ1n) is 17.8. The molecule has 0 unspecified atom stereocenters. The van der Waals surface area contributed by atoms with Crippen molar-refractivity contribution in [1.82, 2.24) is 0 Å². The third-order valence-electron chi connectivity index (χ3n) is 8.82. The maximum absolute atomic E-state index is 10.3. The Morgan fingerprint density at radius 3 is 1.18 bits per heavy atom. The van der Waals surface area contributed by atoms with Gasteiger partial charge in [0.2, 0.25) is 0 Å². The molecular formula is C34H71NO4S. The molecule has 0 saturated carbocycles.